The molecule has 2 heteroatoms. The van der Waals surface area contributed by atoms with Gasteiger partial charge in [0.15, 0.2) is 0 Å². The molecule has 2 aromatic heterocycles. The molecule has 0 amide bonds. The second-order valence-electron chi connectivity index (χ2n) is 13.7. The summed E-state index contributed by atoms with van der Waals surface area (Å²) in [6.45, 7) is 0. The SMILES string of the molecule is c1ccc(-c2cccc(-c3ccc(-c4cc5c(c6ccccc46)-c4cc6ccccc6cc4C54c5ccccc5-c5ccccc54)cc3)n2)nc1. The quantitative estimate of drug-likeness (QED) is 0.191. The fraction of sp³-hybridized carbons (Fsp3) is 0.0204. The first-order valence-corrected chi connectivity index (χ1v) is 17.6. The van der Waals surface area contributed by atoms with Gasteiger partial charge < -0.3 is 0 Å². The standard InChI is InChI=1S/C49H30N2/c1-2-13-34-29-43-40(28-33(34)12-1)48-38-17-4-3-14-35(38)39(30-44(48)49(43)41-18-7-5-15-36(41)37-16-6-8-19-42(37)49)31-23-25-32(26-24-31)45-21-11-22-47(51-45)46-20-9-10-27-50-46/h1-30H. The summed E-state index contributed by atoms with van der Waals surface area (Å²) in [4.78, 5) is 9.51. The molecule has 0 atom stereocenters. The monoisotopic (exact) mass is 646 g/mol. The van der Waals surface area contributed by atoms with E-state index in [9.17, 15) is 0 Å². The van der Waals surface area contributed by atoms with Crippen molar-refractivity contribution in [3.8, 4) is 56.0 Å². The molecule has 0 N–H and O–H groups in total. The Labute approximate surface area is 296 Å². The van der Waals surface area contributed by atoms with Crippen molar-refractivity contribution in [1.29, 1.82) is 0 Å². The molecule has 51 heavy (non-hydrogen) atoms. The second kappa shape index (κ2) is 10.7. The van der Waals surface area contributed by atoms with Crippen LogP contribution < -0.4 is 0 Å². The van der Waals surface area contributed by atoms with Crippen LogP contribution in [-0.2, 0) is 5.41 Å². The van der Waals surface area contributed by atoms with Gasteiger partial charge in [-0.1, -0.05) is 133 Å². The third kappa shape index (κ3) is 3.93. The molecule has 2 aliphatic carbocycles. The number of benzene rings is 7. The Morgan fingerprint density at radius 2 is 0.961 bits per heavy atom. The van der Waals surface area contributed by atoms with Gasteiger partial charge in [0.25, 0.3) is 0 Å². The van der Waals surface area contributed by atoms with Crippen molar-refractivity contribution in [3.63, 3.8) is 0 Å². The summed E-state index contributed by atoms with van der Waals surface area (Å²) in [5, 5.41) is 5.08. The molecule has 0 saturated heterocycles. The minimum Gasteiger partial charge on any atom is -0.255 e. The van der Waals surface area contributed by atoms with Crippen LogP contribution >= 0.6 is 0 Å². The number of hydrogen-bond acceptors (Lipinski definition) is 2. The van der Waals surface area contributed by atoms with E-state index in [1.54, 1.807) is 0 Å². The molecule has 0 fully saturated rings. The summed E-state index contributed by atoms with van der Waals surface area (Å²) in [5.74, 6) is 0. The minimum absolute atomic E-state index is 0.434. The zero-order chi connectivity index (χ0) is 33.5. The number of pyridine rings is 2. The Kier molecular flexibility index (Phi) is 5.91. The Morgan fingerprint density at radius 1 is 0.353 bits per heavy atom. The molecular formula is C49H30N2. The van der Waals surface area contributed by atoms with Crippen molar-refractivity contribution >= 4 is 21.5 Å². The van der Waals surface area contributed by atoms with Gasteiger partial charge in [-0.05, 0) is 120 Å². The highest BCUT2D eigenvalue weighted by Gasteiger charge is 2.52. The average Bonchev–Trinajstić information content (AvgIpc) is 3.67. The van der Waals surface area contributed by atoms with Gasteiger partial charge in [-0.3, -0.25) is 4.98 Å². The summed E-state index contributed by atoms with van der Waals surface area (Å²) < 4.78 is 0. The maximum atomic E-state index is 4.99. The smallest absolute Gasteiger partial charge is 0.0893 e. The van der Waals surface area contributed by atoms with Crippen molar-refractivity contribution in [2.24, 2.45) is 0 Å². The van der Waals surface area contributed by atoms with Crippen LogP contribution in [-0.4, -0.2) is 9.97 Å². The van der Waals surface area contributed by atoms with Crippen molar-refractivity contribution in [2.75, 3.05) is 0 Å². The molecule has 236 valence electrons. The third-order valence-corrected chi connectivity index (χ3v) is 11.1. The predicted molar refractivity (Wildman–Crippen MR) is 210 cm³/mol. The van der Waals surface area contributed by atoms with Crippen molar-refractivity contribution in [2.45, 2.75) is 5.41 Å². The number of rotatable bonds is 3. The first-order valence-electron chi connectivity index (χ1n) is 17.6. The number of hydrogen-bond donors (Lipinski definition) is 0. The van der Waals surface area contributed by atoms with E-state index >= 15 is 0 Å². The van der Waals surface area contributed by atoms with Crippen molar-refractivity contribution in [1.82, 2.24) is 9.97 Å². The van der Waals surface area contributed by atoms with Crippen LogP contribution in [0.15, 0.2) is 182 Å². The molecule has 2 heterocycles. The second-order valence-corrected chi connectivity index (χ2v) is 13.7. The van der Waals surface area contributed by atoms with E-state index in [1.165, 1.54) is 77.2 Å². The Morgan fingerprint density at radius 3 is 1.71 bits per heavy atom. The summed E-state index contributed by atoms with van der Waals surface area (Å²) >= 11 is 0. The lowest BCUT2D eigenvalue weighted by Gasteiger charge is -2.31. The average molecular weight is 647 g/mol. The molecular weight excluding hydrogens is 617 g/mol. The highest BCUT2D eigenvalue weighted by atomic mass is 14.8. The zero-order valence-corrected chi connectivity index (χ0v) is 27.7. The van der Waals surface area contributed by atoms with E-state index in [0.717, 1.165) is 22.6 Å². The summed E-state index contributed by atoms with van der Waals surface area (Å²) in [7, 11) is 0. The molecule has 9 aromatic rings. The van der Waals surface area contributed by atoms with Gasteiger partial charge in [0, 0.05) is 11.8 Å². The van der Waals surface area contributed by atoms with Gasteiger partial charge in [-0.15, -0.1) is 0 Å². The number of fused-ring (bicyclic) bond motifs is 13. The van der Waals surface area contributed by atoms with Gasteiger partial charge in [-0.25, -0.2) is 4.98 Å². The van der Waals surface area contributed by atoms with Gasteiger partial charge in [0.1, 0.15) is 0 Å². The molecule has 2 aliphatic rings. The minimum atomic E-state index is -0.434. The highest BCUT2D eigenvalue weighted by molar-refractivity contribution is 6.12. The normalized spacial score (nSPS) is 13.3. The number of nitrogens with zero attached hydrogens (tertiary/aromatic N) is 2. The van der Waals surface area contributed by atoms with Crippen LogP contribution in [0, 0.1) is 0 Å². The van der Waals surface area contributed by atoms with Crippen LogP contribution in [0.2, 0.25) is 0 Å². The lowest BCUT2D eigenvalue weighted by atomic mass is 9.69. The third-order valence-electron chi connectivity index (χ3n) is 11.1. The molecule has 0 radical (unpaired) electrons. The van der Waals surface area contributed by atoms with E-state index in [1.807, 2.05) is 30.5 Å². The lowest BCUT2D eigenvalue weighted by molar-refractivity contribution is 0.796. The van der Waals surface area contributed by atoms with E-state index < -0.39 is 5.41 Å². The van der Waals surface area contributed by atoms with Crippen molar-refractivity contribution < 1.29 is 0 Å². The lowest BCUT2D eigenvalue weighted by Crippen LogP contribution is -2.26. The van der Waals surface area contributed by atoms with Gasteiger partial charge in [-0.2, -0.15) is 0 Å². The maximum Gasteiger partial charge on any atom is 0.0893 e. The molecule has 0 unspecified atom stereocenters. The van der Waals surface area contributed by atoms with E-state index in [4.69, 9.17) is 4.98 Å². The van der Waals surface area contributed by atoms with Gasteiger partial charge >= 0.3 is 0 Å². The maximum absolute atomic E-state index is 4.99. The molecule has 2 nitrogen and oxygen atoms in total. The molecule has 1 spiro atoms. The molecule has 11 rings (SSSR count). The van der Waals surface area contributed by atoms with Crippen LogP contribution in [0.25, 0.3) is 77.6 Å². The topological polar surface area (TPSA) is 25.8 Å². The Hall–Kier alpha value is -6.64. The van der Waals surface area contributed by atoms with Crippen LogP contribution in [0.5, 0.6) is 0 Å². The fourth-order valence-electron chi connectivity index (χ4n) is 8.99. The van der Waals surface area contributed by atoms with E-state index in [-0.39, 0.29) is 0 Å². The molecule has 0 aliphatic heterocycles. The Balaban J connectivity index is 1.17. The molecule has 0 bridgehead atoms. The predicted octanol–water partition coefficient (Wildman–Crippen LogP) is 12.1. The van der Waals surface area contributed by atoms with Crippen LogP contribution in [0.1, 0.15) is 22.3 Å². The summed E-state index contributed by atoms with van der Waals surface area (Å²) in [6, 6.07) is 64.3. The molecule has 0 saturated carbocycles. The largest absolute Gasteiger partial charge is 0.255 e. The summed E-state index contributed by atoms with van der Waals surface area (Å²) in [6.07, 6.45) is 1.81. The van der Waals surface area contributed by atoms with E-state index in [2.05, 4.69) is 157 Å². The van der Waals surface area contributed by atoms with Crippen LogP contribution in [0.4, 0.5) is 0 Å². The first kappa shape index (κ1) is 28.2. The van der Waals surface area contributed by atoms with E-state index in [0.29, 0.717) is 0 Å². The van der Waals surface area contributed by atoms with Gasteiger partial charge in [0.2, 0.25) is 0 Å². The fourth-order valence-corrected chi connectivity index (χ4v) is 8.99. The number of aromatic nitrogens is 2. The summed E-state index contributed by atoms with van der Waals surface area (Å²) in [5.41, 5.74) is 16.5. The zero-order valence-electron chi connectivity index (χ0n) is 27.7. The Bertz CT molecular complexity index is 2800. The first-order chi connectivity index (χ1) is 25.3. The highest BCUT2D eigenvalue weighted by Crippen LogP contribution is 2.64. The van der Waals surface area contributed by atoms with Gasteiger partial charge in [0.05, 0.1) is 22.5 Å². The van der Waals surface area contributed by atoms with Crippen molar-refractivity contribution in [3.05, 3.63) is 204 Å². The van der Waals surface area contributed by atoms with Crippen LogP contribution in [0.3, 0.4) is 0 Å². The molecule has 7 aromatic carbocycles.